The molecule has 1 N–H and O–H groups in total. The van der Waals surface area contributed by atoms with Gasteiger partial charge in [0.2, 0.25) is 0 Å². The number of hydrogen-bond donors (Lipinski definition) is 1. The molecule has 4 nitrogen and oxygen atoms in total. The highest BCUT2D eigenvalue weighted by molar-refractivity contribution is 8.00. The van der Waals surface area contributed by atoms with E-state index in [1.165, 1.54) is 25.8 Å². The molecule has 0 aromatic carbocycles. The molecule has 1 unspecified atom stereocenters. The number of rotatable bonds is 9. The zero-order valence-corrected chi connectivity index (χ0v) is 11.2. The average Bonchev–Trinajstić information content (AvgIpc) is 2.25. The average molecular weight is 260 g/mol. The second-order valence-electron chi connectivity index (χ2n) is 3.79. The van der Waals surface area contributed by atoms with Gasteiger partial charge in [0.15, 0.2) is 0 Å². The van der Waals surface area contributed by atoms with Gasteiger partial charge in [0, 0.05) is 12.8 Å². The van der Waals surface area contributed by atoms with Crippen molar-refractivity contribution in [1.29, 1.82) is 0 Å². The van der Waals surface area contributed by atoms with E-state index in [0.29, 0.717) is 12.8 Å². The molecule has 0 rings (SSSR count). The molecule has 17 heavy (non-hydrogen) atoms. The van der Waals surface area contributed by atoms with Crippen LogP contribution in [0, 0.1) is 0 Å². The largest absolute Gasteiger partial charge is 0.512 e. The van der Waals surface area contributed by atoms with Gasteiger partial charge in [-0.05, 0) is 25.5 Å². The van der Waals surface area contributed by atoms with Crippen LogP contribution in [0.4, 0.5) is 0 Å². The van der Waals surface area contributed by atoms with E-state index < -0.39 is 0 Å². The lowest BCUT2D eigenvalue weighted by atomic mass is 10.2. The Bertz CT molecular complexity index is 276. The number of ketones is 1. The van der Waals surface area contributed by atoms with Crippen molar-refractivity contribution >= 4 is 23.5 Å². The summed E-state index contributed by atoms with van der Waals surface area (Å²) in [5, 5.41) is 9.07. The molecule has 0 aromatic rings. The van der Waals surface area contributed by atoms with Crippen molar-refractivity contribution in [3.8, 4) is 0 Å². The van der Waals surface area contributed by atoms with E-state index in [4.69, 9.17) is 0 Å². The van der Waals surface area contributed by atoms with Gasteiger partial charge in [0.25, 0.3) is 0 Å². The lowest BCUT2D eigenvalue weighted by Gasteiger charge is -2.13. The number of carbonyl (C=O) groups is 2. The number of aliphatic hydroxyl groups excluding tert-OH is 1. The van der Waals surface area contributed by atoms with E-state index in [1.807, 2.05) is 0 Å². The first-order valence-electron chi connectivity index (χ1n) is 5.53. The first-order valence-corrected chi connectivity index (χ1v) is 6.57. The number of Topliss-reactive ketones (excluding diaryl/α,β-unsaturated/α-hetero) is 1. The molecule has 0 aromatic heterocycles. The van der Waals surface area contributed by atoms with Crippen LogP contribution in [0.25, 0.3) is 0 Å². The lowest BCUT2D eigenvalue weighted by molar-refractivity contribution is -0.140. The Morgan fingerprint density at radius 3 is 2.53 bits per heavy atom. The molecule has 0 aliphatic heterocycles. The van der Waals surface area contributed by atoms with Gasteiger partial charge < -0.3 is 9.84 Å². The third-order valence-electron chi connectivity index (χ3n) is 2.17. The Morgan fingerprint density at radius 1 is 1.41 bits per heavy atom. The molecule has 0 aliphatic rings. The Hall–Kier alpha value is -0.970. The maximum atomic E-state index is 10.9. The summed E-state index contributed by atoms with van der Waals surface area (Å²) in [6, 6.07) is 0. The minimum atomic E-state index is -0.231. The van der Waals surface area contributed by atoms with E-state index in [1.54, 1.807) is 0 Å². The van der Waals surface area contributed by atoms with Gasteiger partial charge in [0.05, 0.1) is 18.1 Å². The standard InChI is InChI=1S/C12H20O4S/c1-9(13)8-11(10(2)14)17-7-5-4-6-12(15)16-3/h11,14H,2,4-8H2,1,3H3. The van der Waals surface area contributed by atoms with Crippen LogP contribution in [0.1, 0.15) is 32.6 Å². The first-order chi connectivity index (χ1) is 7.97. The number of unbranched alkanes of at least 4 members (excludes halogenated alkanes) is 1. The predicted molar refractivity (Wildman–Crippen MR) is 69.2 cm³/mol. The summed E-state index contributed by atoms with van der Waals surface area (Å²) < 4.78 is 4.52. The number of esters is 1. The predicted octanol–water partition coefficient (Wildman–Crippen LogP) is 2.48. The molecule has 98 valence electrons. The molecular weight excluding hydrogens is 240 g/mol. The zero-order chi connectivity index (χ0) is 13.3. The molecule has 0 radical (unpaired) electrons. The molecule has 0 aliphatic carbocycles. The number of methoxy groups -OCH3 is 1. The van der Waals surface area contributed by atoms with Crippen molar-refractivity contribution in [2.75, 3.05) is 12.9 Å². The van der Waals surface area contributed by atoms with Gasteiger partial charge in [-0.1, -0.05) is 6.58 Å². The van der Waals surface area contributed by atoms with E-state index >= 15 is 0 Å². The van der Waals surface area contributed by atoms with Crippen molar-refractivity contribution < 1.29 is 19.4 Å². The minimum Gasteiger partial charge on any atom is -0.512 e. The van der Waals surface area contributed by atoms with Gasteiger partial charge in [-0.25, -0.2) is 0 Å². The molecular formula is C12H20O4S. The summed E-state index contributed by atoms with van der Waals surface area (Å²) in [7, 11) is 1.37. The Morgan fingerprint density at radius 2 is 2.06 bits per heavy atom. The monoisotopic (exact) mass is 260 g/mol. The number of aliphatic hydroxyl groups is 1. The van der Waals surface area contributed by atoms with Crippen molar-refractivity contribution in [3.63, 3.8) is 0 Å². The van der Waals surface area contributed by atoms with E-state index in [9.17, 15) is 14.7 Å². The summed E-state index contributed by atoms with van der Waals surface area (Å²) in [6.07, 6.45) is 2.32. The maximum absolute atomic E-state index is 10.9. The molecule has 0 saturated heterocycles. The second kappa shape index (κ2) is 9.10. The van der Waals surface area contributed by atoms with Gasteiger partial charge in [-0.3, -0.25) is 9.59 Å². The quantitative estimate of drug-likeness (QED) is 0.392. The van der Waals surface area contributed by atoms with Crippen LogP contribution in [0.5, 0.6) is 0 Å². The summed E-state index contributed by atoms with van der Waals surface area (Å²) in [4.78, 5) is 21.8. The fourth-order valence-electron chi connectivity index (χ4n) is 1.23. The topological polar surface area (TPSA) is 63.6 Å². The summed E-state index contributed by atoms with van der Waals surface area (Å²) in [6.45, 7) is 4.95. The van der Waals surface area contributed by atoms with Crippen LogP contribution < -0.4 is 0 Å². The molecule has 5 heteroatoms. The molecule has 0 fully saturated rings. The van der Waals surface area contributed by atoms with Gasteiger partial charge in [0.1, 0.15) is 5.78 Å². The number of hydrogen-bond acceptors (Lipinski definition) is 5. The fraction of sp³-hybridized carbons (Fsp3) is 0.667. The van der Waals surface area contributed by atoms with Crippen LogP contribution in [0.2, 0.25) is 0 Å². The Kier molecular flexibility index (Phi) is 8.58. The van der Waals surface area contributed by atoms with Gasteiger partial charge in [-0.2, -0.15) is 11.8 Å². The number of thioether (sulfide) groups is 1. The van der Waals surface area contributed by atoms with Crippen LogP contribution in [-0.4, -0.2) is 35.0 Å². The Labute approximate surface area is 106 Å². The van der Waals surface area contributed by atoms with E-state index in [-0.39, 0.29) is 22.8 Å². The van der Waals surface area contributed by atoms with E-state index in [2.05, 4.69) is 11.3 Å². The molecule has 0 spiro atoms. The van der Waals surface area contributed by atoms with E-state index in [0.717, 1.165) is 18.6 Å². The molecule has 0 bridgehead atoms. The van der Waals surface area contributed by atoms with Crippen molar-refractivity contribution in [3.05, 3.63) is 12.3 Å². The van der Waals surface area contributed by atoms with Crippen molar-refractivity contribution in [2.24, 2.45) is 0 Å². The normalized spacial score (nSPS) is 11.9. The third kappa shape index (κ3) is 8.80. The Balaban J connectivity index is 3.72. The van der Waals surface area contributed by atoms with Crippen molar-refractivity contribution in [2.45, 2.75) is 37.9 Å². The highest BCUT2D eigenvalue weighted by Gasteiger charge is 2.14. The fourth-order valence-corrected chi connectivity index (χ4v) is 2.43. The smallest absolute Gasteiger partial charge is 0.305 e. The van der Waals surface area contributed by atoms with Crippen LogP contribution in [-0.2, 0) is 14.3 Å². The summed E-state index contributed by atoms with van der Waals surface area (Å²) in [5.41, 5.74) is 0. The van der Waals surface area contributed by atoms with Crippen LogP contribution in [0.15, 0.2) is 12.3 Å². The van der Waals surface area contributed by atoms with Gasteiger partial charge in [-0.15, -0.1) is 0 Å². The minimum absolute atomic E-state index is 0.0345. The van der Waals surface area contributed by atoms with Crippen LogP contribution >= 0.6 is 11.8 Å². The summed E-state index contributed by atoms with van der Waals surface area (Å²) >= 11 is 1.49. The highest BCUT2D eigenvalue weighted by Crippen LogP contribution is 2.22. The zero-order valence-electron chi connectivity index (χ0n) is 10.4. The molecule has 0 heterocycles. The number of ether oxygens (including phenoxy) is 1. The molecule has 1 atom stereocenters. The molecule has 0 saturated carbocycles. The second-order valence-corrected chi connectivity index (χ2v) is 5.10. The number of carbonyl (C=O) groups excluding carboxylic acids is 2. The third-order valence-corrected chi connectivity index (χ3v) is 3.53. The van der Waals surface area contributed by atoms with Gasteiger partial charge >= 0.3 is 5.97 Å². The lowest BCUT2D eigenvalue weighted by Crippen LogP contribution is -2.11. The maximum Gasteiger partial charge on any atom is 0.305 e. The first kappa shape index (κ1) is 16.0. The SMILES string of the molecule is C=C(O)C(CC(C)=O)SCCCCC(=O)OC. The highest BCUT2D eigenvalue weighted by atomic mass is 32.2. The van der Waals surface area contributed by atoms with Crippen molar-refractivity contribution in [1.82, 2.24) is 0 Å². The molecule has 0 amide bonds. The van der Waals surface area contributed by atoms with Crippen LogP contribution in [0.3, 0.4) is 0 Å². The summed E-state index contributed by atoms with van der Waals surface area (Å²) in [5.74, 6) is 0.654.